The number of hydrogen-bond acceptors (Lipinski definition) is 1. The first kappa shape index (κ1) is 13.3. The first-order chi connectivity index (χ1) is 9.67. The minimum Gasteiger partial charge on any atom is -0.349 e. The van der Waals surface area contributed by atoms with E-state index in [1.54, 1.807) is 0 Å². The molecule has 2 nitrogen and oxygen atoms in total. The van der Waals surface area contributed by atoms with Gasteiger partial charge in [0.05, 0.1) is 0 Å². The molecule has 1 N–H and O–H groups in total. The molecule has 1 aromatic heterocycles. The Kier molecular flexibility index (Phi) is 3.57. The molecular formula is C16H18F2N2. The minimum absolute atomic E-state index is 0.352. The molecule has 20 heavy (non-hydrogen) atoms. The smallest absolute Gasteiger partial charge is 0.128 e. The molecule has 3 rings (SSSR count). The van der Waals surface area contributed by atoms with Crippen LogP contribution in [-0.4, -0.2) is 11.6 Å². The van der Waals surface area contributed by atoms with Crippen LogP contribution in [0.3, 0.4) is 0 Å². The lowest BCUT2D eigenvalue weighted by Gasteiger charge is -2.13. The van der Waals surface area contributed by atoms with Gasteiger partial charge in [-0.15, -0.1) is 0 Å². The molecule has 1 aliphatic carbocycles. The Morgan fingerprint density at radius 2 is 2.10 bits per heavy atom. The normalized spacial score (nSPS) is 16.4. The molecule has 2 aromatic rings. The molecule has 1 aromatic carbocycles. The third kappa shape index (κ3) is 2.75. The second-order valence-electron chi connectivity index (χ2n) is 5.46. The SMILES string of the molecule is CNC(c1ccn(Cc2cc(F)ccc2F)c1)C1CC1. The third-order valence-corrected chi connectivity index (χ3v) is 3.90. The van der Waals surface area contributed by atoms with Crippen molar-refractivity contribution >= 4 is 0 Å². The monoisotopic (exact) mass is 276 g/mol. The number of halogens is 2. The van der Waals surface area contributed by atoms with Crippen LogP contribution in [0.25, 0.3) is 0 Å². The van der Waals surface area contributed by atoms with Crippen LogP contribution in [0, 0.1) is 17.6 Å². The summed E-state index contributed by atoms with van der Waals surface area (Å²) in [6, 6.07) is 6.00. The van der Waals surface area contributed by atoms with E-state index in [1.165, 1.54) is 30.5 Å². The predicted molar refractivity (Wildman–Crippen MR) is 74.4 cm³/mol. The highest BCUT2D eigenvalue weighted by Gasteiger charge is 2.31. The molecule has 0 radical (unpaired) electrons. The van der Waals surface area contributed by atoms with Crippen LogP contribution in [0.4, 0.5) is 8.78 Å². The molecule has 1 saturated carbocycles. The van der Waals surface area contributed by atoms with Crippen molar-refractivity contribution in [3.8, 4) is 0 Å². The van der Waals surface area contributed by atoms with Crippen LogP contribution in [0.15, 0.2) is 36.7 Å². The Hall–Kier alpha value is -1.68. The van der Waals surface area contributed by atoms with Gasteiger partial charge in [0.1, 0.15) is 11.6 Å². The average molecular weight is 276 g/mol. The van der Waals surface area contributed by atoms with Crippen molar-refractivity contribution in [3.05, 3.63) is 59.4 Å². The highest BCUT2D eigenvalue weighted by molar-refractivity contribution is 5.22. The number of rotatable bonds is 5. The van der Waals surface area contributed by atoms with Crippen LogP contribution >= 0.6 is 0 Å². The van der Waals surface area contributed by atoms with E-state index in [0.29, 0.717) is 24.1 Å². The summed E-state index contributed by atoms with van der Waals surface area (Å²) < 4.78 is 28.7. The molecule has 0 aliphatic heterocycles. The average Bonchev–Trinajstić information content (AvgIpc) is 3.15. The Labute approximate surface area is 117 Å². The highest BCUT2D eigenvalue weighted by atomic mass is 19.1. The first-order valence-electron chi connectivity index (χ1n) is 6.94. The topological polar surface area (TPSA) is 17.0 Å². The summed E-state index contributed by atoms with van der Waals surface area (Å²) in [7, 11) is 1.96. The lowest BCUT2D eigenvalue weighted by atomic mass is 10.1. The minimum atomic E-state index is -0.403. The van der Waals surface area contributed by atoms with Crippen LogP contribution < -0.4 is 5.32 Å². The molecule has 106 valence electrons. The molecule has 0 saturated heterocycles. The maximum Gasteiger partial charge on any atom is 0.128 e. The molecule has 0 bridgehead atoms. The van der Waals surface area contributed by atoms with Gasteiger partial charge in [-0.25, -0.2) is 8.78 Å². The van der Waals surface area contributed by atoms with E-state index >= 15 is 0 Å². The zero-order valence-electron chi connectivity index (χ0n) is 11.4. The van der Waals surface area contributed by atoms with Gasteiger partial charge in [0, 0.05) is 30.5 Å². The second kappa shape index (κ2) is 5.37. The van der Waals surface area contributed by atoms with Gasteiger partial charge in [0.25, 0.3) is 0 Å². The maximum absolute atomic E-state index is 13.6. The van der Waals surface area contributed by atoms with Crippen molar-refractivity contribution < 1.29 is 8.78 Å². The van der Waals surface area contributed by atoms with Crippen molar-refractivity contribution in [3.63, 3.8) is 0 Å². The van der Waals surface area contributed by atoms with Gasteiger partial charge in [-0.1, -0.05) is 0 Å². The maximum atomic E-state index is 13.6. The lowest BCUT2D eigenvalue weighted by molar-refractivity contribution is 0.527. The van der Waals surface area contributed by atoms with Crippen LogP contribution in [0.5, 0.6) is 0 Å². The number of aromatic nitrogens is 1. The van der Waals surface area contributed by atoms with Crippen LogP contribution in [0.1, 0.15) is 30.0 Å². The van der Waals surface area contributed by atoms with Crippen molar-refractivity contribution in [2.24, 2.45) is 5.92 Å². The Bertz CT molecular complexity index is 602. The van der Waals surface area contributed by atoms with E-state index in [9.17, 15) is 8.78 Å². The van der Waals surface area contributed by atoms with E-state index in [0.717, 1.165) is 6.07 Å². The fourth-order valence-corrected chi connectivity index (χ4v) is 2.71. The van der Waals surface area contributed by atoms with Crippen LogP contribution in [0.2, 0.25) is 0 Å². The fourth-order valence-electron chi connectivity index (χ4n) is 2.71. The highest BCUT2D eigenvalue weighted by Crippen LogP contribution is 2.40. The second-order valence-corrected chi connectivity index (χ2v) is 5.46. The van der Waals surface area contributed by atoms with E-state index in [1.807, 2.05) is 24.0 Å². The van der Waals surface area contributed by atoms with Gasteiger partial charge >= 0.3 is 0 Å². The summed E-state index contributed by atoms with van der Waals surface area (Å²) in [6.45, 7) is 0.352. The molecule has 1 fully saturated rings. The molecule has 1 aliphatic rings. The fraction of sp³-hybridized carbons (Fsp3) is 0.375. The Morgan fingerprint density at radius 3 is 2.80 bits per heavy atom. The van der Waals surface area contributed by atoms with Crippen molar-refractivity contribution in [1.29, 1.82) is 0 Å². The molecule has 1 atom stereocenters. The van der Waals surface area contributed by atoms with Crippen molar-refractivity contribution in [2.45, 2.75) is 25.4 Å². The predicted octanol–water partition coefficient (Wildman–Crippen LogP) is 3.49. The number of hydrogen-bond donors (Lipinski definition) is 1. The van der Waals surface area contributed by atoms with E-state index in [2.05, 4.69) is 11.4 Å². The van der Waals surface area contributed by atoms with E-state index < -0.39 is 5.82 Å². The van der Waals surface area contributed by atoms with Gasteiger partial charge in [-0.3, -0.25) is 0 Å². The van der Waals surface area contributed by atoms with Gasteiger partial charge < -0.3 is 9.88 Å². The van der Waals surface area contributed by atoms with Gasteiger partial charge in [-0.05, 0) is 55.6 Å². The summed E-state index contributed by atoms with van der Waals surface area (Å²) in [5.41, 5.74) is 1.59. The number of benzene rings is 1. The van der Waals surface area contributed by atoms with E-state index in [4.69, 9.17) is 0 Å². The zero-order chi connectivity index (χ0) is 14.1. The summed E-state index contributed by atoms with van der Waals surface area (Å²) in [4.78, 5) is 0. The van der Waals surface area contributed by atoms with Gasteiger partial charge in [0.2, 0.25) is 0 Å². The summed E-state index contributed by atoms with van der Waals surface area (Å²) in [6.07, 6.45) is 6.46. The number of nitrogens with one attached hydrogen (secondary N) is 1. The van der Waals surface area contributed by atoms with Crippen molar-refractivity contribution in [1.82, 2.24) is 9.88 Å². The molecule has 1 unspecified atom stereocenters. The van der Waals surface area contributed by atoms with E-state index in [-0.39, 0.29) is 5.82 Å². The standard InChI is InChI=1S/C16H18F2N2/c1-19-16(11-2-3-11)12-6-7-20(9-12)10-13-8-14(17)4-5-15(13)18/h4-9,11,16,19H,2-3,10H2,1H3. The van der Waals surface area contributed by atoms with Crippen molar-refractivity contribution in [2.75, 3.05) is 7.05 Å². The largest absolute Gasteiger partial charge is 0.349 e. The first-order valence-corrected chi connectivity index (χ1v) is 6.94. The molecule has 1 heterocycles. The molecule has 0 amide bonds. The number of nitrogens with zero attached hydrogens (tertiary/aromatic N) is 1. The Balaban J connectivity index is 1.78. The van der Waals surface area contributed by atoms with Gasteiger partial charge in [-0.2, -0.15) is 0 Å². The Morgan fingerprint density at radius 1 is 1.30 bits per heavy atom. The molecule has 4 heteroatoms. The quantitative estimate of drug-likeness (QED) is 0.884. The summed E-state index contributed by atoms with van der Waals surface area (Å²) in [5, 5.41) is 3.33. The summed E-state index contributed by atoms with van der Waals surface area (Å²) in [5.74, 6) is -0.0596. The zero-order valence-corrected chi connectivity index (χ0v) is 11.4. The van der Waals surface area contributed by atoms with Gasteiger partial charge in [0.15, 0.2) is 0 Å². The molecular weight excluding hydrogens is 258 g/mol. The third-order valence-electron chi connectivity index (χ3n) is 3.90. The molecule has 0 spiro atoms. The lowest BCUT2D eigenvalue weighted by Crippen LogP contribution is -2.17. The summed E-state index contributed by atoms with van der Waals surface area (Å²) >= 11 is 0. The van der Waals surface area contributed by atoms with Crippen LogP contribution in [-0.2, 0) is 6.54 Å².